The van der Waals surface area contributed by atoms with Crippen LogP contribution in [0.25, 0.3) is 0 Å². The van der Waals surface area contributed by atoms with Gasteiger partial charge in [0.05, 0.1) is 0 Å². The molecule has 0 heterocycles. The molecule has 0 aliphatic rings. The number of rotatable bonds is 1. The second kappa shape index (κ2) is 1.86. The molecular formula is H2BO3S2. The van der Waals surface area contributed by atoms with Crippen LogP contribution >= 0.6 is 12.5 Å². The smallest absolute Gasteiger partial charge is 0.294 e. The Hall–Kier alpha value is 0.325. The number of hydrogen-bond donors (Lipinski definition) is 2. The highest BCUT2D eigenvalue weighted by atomic mass is 32.3. The summed E-state index contributed by atoms with van der Waals surface area (Å²) in [5.74, 6) is 0.410. The van der Waals surface area contributed by atoms with Gasteiger partial charge in [0.1, 0.15) is 0 Å². The summed E-state index contributed by atoms with van der Waals surface area (Å²) in [4.78, 5) is 0. The maximum absolute atomic E-state index is 9.42. The average Bonchev–Trinajstić information content (AvgIpc) is 1.35. The fourth-order valence-electron chi connectivity index (χ4n) is 0. The Bertz CT molecular complexity index is 111. The maximum Gasteiger partial charge on any atom is 0.388 e. The third-order valence-electron chi connectivity index (χ3n) is 0.133. The highest BCUT2D eigenvalue weighted by molar-refractivity contribution is 8.38. The molecule has 0 fully saturated rings. The van der Waals surface area contributed by atoms with Crippen LogP contribution in [0.5, 0.6) is 0 Å². The van der Waals surface area contributed by atoms with Gasteiger partial charge in [-0.15, -0.1) is 0 Å². The summed E-state index contributed by atoms with van der Waals surface area (Å²) in [6.07, 6.45) is 0. The quantitative estimate of drug-likeness (QED) is 0.278. The molecule has 0 aromatic carbocycles. The Morgan fingerprint density at radius 1 is 1.67 bits per heavy atom. The van der Waals surface area contributed by atoms with Gasteiger partial charge >= 0.3 is 5.84 Å². The fraction of sp³-hybridized carbons (Fsp3) is 0. The normalized spacial score (nSPS) is 11.0. The lowest BCUT2D eigenvalue weighted by molar-refractivity contribution is 0.501. The molecule has 3 nitrogen and oxygen atoms in total. The Kier molecular flexibility index (Phi) is 1.96. The van der Waals surface area contributed by atoms with E-state index in [2.05, 4.69) is 12.5 Å². The minimum absolute atomic E-state index is 0.410. The first-order chi connectivity index (χ1) is 2.56. The van der Waals surface area contributed by atoms with Gasteiger partial charge in [-0.2, -0.15) is 0 Å². The Morgan fingerprint density at radius 2 is 1.83 bits per heavy atom. The first-order valence-corrected chi connectivity index (χ1v) is 3.03. The van der Waals surface area contributed by atoms with E-state index in [1.54, 1.807) is 0 Å². The third kappa shape index (κ3) is 4.32. The van der Waals surface area contributed by atoms with Crippen LogP contribution in [0.3, 0.4) is 0 Å². The summed E-state index contributed by atoms with van der Waals surface area (Å²) in [5.41, 5.74) is 0. The molecule has 1 N–H and O–H groups in total. The van der Waals surface area contributed by atoms with Crippen LogP contribution in [-0.4, -0.2) is 18.8 Å². The van der Waals surface area contributed by atoms with Crippen LogP contribution in [0, 0.1) is 0 Å². The molecule has 0 unspecified atom stereocenters. The van der Waals surface area contributed by atoms with E-state index in [1.807, 2.05) is 0 Å². The van der Waals surface area contributed by atoms with E-state index in [1.165, 1.54) is 0 Å². The van der Waals surface area contributed by atoms with Crippen LogP contribution in [0.2, 0.25) is 0 Å². The molecule has 6 heteroatoms. The highest BCUT2D eigenvalue weighted by Gasteiger charge is 1.99. The van der Waals surface area contributed by atoms with Crippen molar-refractivity contribution in [1.82, 2.24) is 0 Å². The number of hydrogen-bond acceptors (Lipinski definition) is 3. The van der Waals surface area contributed by atoms with Gasteiger partial charge in [0.25, 0.3) is 0 Å². The third-order valence-corrected chi connectivity index (χ3v) is 1.20. The zero-order chi connectivity index (χ0) is 5.21. The molecule has 35 valence electrons. The van der Waals surface area contributed by atoms with E-state index < -0.39 is 9.97 Å². The summed E-state index contributed by atoms with van der Waals surface area (Å²) in [5, 5.41) is 0. The van der Waals surface area contributed by atoms with Crippen molar-refractivity contribution in [2.45, 2.75) is 0 Å². The molecule has 1 radical (unpaired) electrons. The van der Waals surface area contributed by atoms with Crippen LogP contribution in [0.4, 0.5) is 0 Å². The molecule has 0 saturated heterocycles. The van der Waals surface area contributed by atoms with Crippen LogP contribution in [-0.2, 0) is 9.97 Å². The maximum atomic E-state index is 9.42. The molecule has 0 amide bonds. The molecule has 0 bridgehead atoms. The summed E-state index contributed by atoms with van der Waals surface area (Å²) >= 11 is 3.14. The van der Waals surface area contributed by atoms with Crippen molar-refractivity contribution in [3.8, 4) is 0 Å². The van der Waals surface area contributed by atoms with Gasteiger partial charge in [0.2, 0.25) is 9.97 Å². The lowest BCUT2D eigenvalue weighted by atomic mass is 10.7. The lowest BCUT2D eigenvalue weighted by Crippen LogP contribution is -2.00. The van der Waals surface area contributed by atoms with Crippen molar-refractivity contribution in [2.75, 3.05) is 0 Å². The predicted octanol–water partition coefficient (Wildman–Crippen LogP) is -0.662. The molecular weight excluding hydrogens is 123 g/mol. The predicted molar refractivity (Wildman–Crippen MR) is 26.3 cm³/mol. The minimum atomic E-state index is -3.92. The van der Waals surface area contributed by atoms with E-state index in [0.717, 1.165) is 0 Å². The van der Waals surface area contributed by atoms with Crippen LogP contribution in [0.15, 0.2) is 0 Å². The van der Waals surface area contributed by atoms with Gasteiger partial charge in [0.15, 0.2) is 0 Å². The largest absolute Gasteiger partial charge is 0.388 e. The molecule has 0 aromatic heterocycles. The van der Waals surface area contributed by atoms with E-state index >= 15 is 0 Å². The lowest BCUT2D eigenvalue weighted by Gasteiger charge is -1.76. The SMILES string of the molecule is O=S(=O)(O)[B]S. The first kappa shape index (κ1) is 6.32. The monoisotopic (exact) mass is 125 g/mol. The summed E-state index contributed by atoms with van der Waals surface area (Å²) in [6.45, 7) is 0. The van der Waals surface area contributed by atoms with Gasteiger partial charge in [-0.1, -0.05) is 0 Å². The minimum Gasteiger partial charge on any atom is -0.294 e. The zero-order valence-electron chi connectivity index (χ0n) is 2.70. The van der Waals surface area contributed by atoms with E-state index in [9.17, 15) is 8.42 Å². The molecule has 6 heavy (non-hydrogen) atoms. The second-order valence-electron chi connectivity index (χ2n) is 0.620. The van der Waals surface area contributed by atoms with E-state index in [0.29, 0.717) is 5.84 Å². The first-order valence-electron chi connectivity index (χ1n) is 1.01. The Morgan fingerprint density at radius 3 is 1.83 bits per heavy atom. The van der Waals surface area contributed by atoms with E-state index in [4.69, 9.17) is 4.55 Å². The Labute approximate surface area is 41.9 Å². The summed E-state index contributed by atoms with van der Waals surface area (Å²) in [6, 6.07) is 0. The van der Waals surface area contributed by atoms with Crippen molar-refractivity contribution >= 4 is 28.3 Å². The molecule has 0 aromatic rings. The van der Waals surface area contributed by atoms with Crippen molar-refractivity contribution in [3.63, 3.8) is 0 Å². The van der Waals surface area contributed by atoms with Gasteiger partial charge < -0.3 is 0 Å². The van der Waals surface area contributed by atoms with Gasteiger partial charge in [0, 0.05) is 0 Å². The molecule has 0 spiro atoms. The number of thiol groups is 1. The fourth-order valence-corrected chi connectivity index (χ4v) is 0. The van der Waals surface area contributed by atoms with Crippen molar-refractivity contribution in [1.29, 1.82) is 0 Å². The highest BCUT2D eigenvalue weighted by Crippen LogP contribution is 1.77. The molecule has 0 aliphatic heterocycles. The molecule has 0 aliphatic carbocycles. The van der Waals surface area contributed by atoms with Crippen LogP contribution in [0.1, 0.15) is 0 Å². The average molecular weight is 125 g/mol. The van der Waals surface area contributed by atoms with E-state index in [-0.39, 0.29) is 0 Å². The second-order valence-corrected chi connectivity index (χ2v) is 2.49. The van der Waals surface area contributed by atoms with Crippen molar-refractivity contribution < 1.29 is 13.0 Å². The summed E-state index contributed by atoms with van der Waals surface area (Å²) < 4.78 is 26.5. The van der Waals surface area contributed by atoms with Crippen molar-refractivity contribution in [3.05, 3.63) is 0 Å². The summed E-state index contributed by atoms with van der Waals surface area (Å²) in [7, 11) is -3.92. The molecule has 0 atom stereocenters. The molecule has 0 rings (SSSR count). The van der Waals surface area contributed by atoms with Gasteiger partial charge in [-0.05, 0) is 0 Å². The van der Waals surface area contributed by atoms with Crippen LogP contribution < -0.4 is 0 Å². The Balaban J connectivity index is 3.85. The van der Waals surface area contributed by atoms with Gasteiger partial charge in [-0.3, -0.25) is 4.55 Å². The zero-order valence-corrected chi connectivity index (χ0v) is 4.41. The topological polar surface area (TPSA) is 54.4 Å². The standard InChI is InChI=1S/BH2O3S2/c2-6(3,4)1-5/h5H,(H,2,3,4). The van der Waals surface area contributed by atoms with Crippen molar-refractivity contribution in [2.24, 2.45) is 0 Å². The molecule has 0 saturated carbocycles. The van der Waals surface area contributed by atoms with Gasteiger partial charge in [-0.25, -0.2) is 20.9 Å².